The zero-order chi connectivity index (χ0) is 14.2. The van der Waals surface area contributed by atoms with Crippen LogP contribution in [0.3, 0.4) is 0 Å². The van der Waals surface area contributed by atoms with Crippen molar-refractivity contribution in [2.24, 2.45) is 10.8 Å². The first-order valence-corrected chi connectivity index (χ1v) is 6.45. The van der Waals surface area contributed by atoms with E-state index in [1.165, 1.54) is 11.9 Å². The highest BCUT2D eigenvalue weighted by Crippen LogP contribution is 2.23. The lowest BCUT2D eigenvalue weighted by Gasteiger charge is -2.36. The maximum absolute atomic E-state index is 11.9. The minimum absolute atomic E-state index is 0.0868. The van der Waals surface area contributed by atoms with E-state index in [1.807, 2.05) is 5.43 Å². The van der Waals surface area contributed by atoms with Crippen molar-refractivity contribution in [3.8, 4) is 0 Å². The predicted octanol–water partition coefficient (Wildman–Crippen LogP) is -2.11. The van der Waals surface area contributed by atoms with E-state index in [4.69, 9.17) is 5.84 Å². The molecule has 0 aromatic heterocycles. The van der Waals surface area contributed by atoms with E-state index in [9.17, 15) is 14.4 Å². The maximum atomic E-state index is 11.9. The second-order valence-electron chi connectivity index (χ2n) is 4.12. The average molecular weight is 286 g/mol. The minimum atomic E-state index is -0.601. The Kier molecular flexibility index (Phi) is 3.62. The first-order chi connectivity index (χ1) is 8.95. The number of hydrogen-bond donors (Lipinski definition) is 3. The molecule has 0 radical (unpaired) electrons. The molecule has 10 heteroatoms. The number of amidine groups is 1. The Morgan fingerprint density at radius 1 is 1.53 bits per heavy atom. The molecule has 9 nitrogen and oxygen atoms in total. The van der Waals surface area contributed by atoms with Crippen LogP contribution in [-0.2, 0) is 9.59 Å². The molecule has 0 aliphatic carbocycles. The van der Waals surface area contributed by atoms with Gasteiger partial charge in [0.15, 0.2) is 11.3 Å². The van der Waals surface area contributed by atoms with Gasteiger partial charge in [-0.25, -0.2) is 15.6 Å². The third-order valence-corrected chi connectivity index (χ3v) is 3.81. The molecule has 1 fully saturated rings. The molecule has 2 atom stereocenters. The van der Waals surface area contributed by atoms with Gasteiger partial charge in [-0.05, 0) is 0 Å². The molecule has 19 heavy (non-hydrogen) atoms. The second-order valence-corrected chi connectivity index (χ2v) is 5.08. The van der Waals surface area contributed by atoms with E-state index >= 15 is 0 Å². The molecular weight excluding hydrogens is 272 g/mol. The van der Waals surface area contributed by atoms with Crippen LogP contribution in [0.15, 0.2) is 4.99 Å². The monoisotopic (exact) mass is 286 g/mol. The van der Waals surface area contributed by atoms with Crippen LogP contribution in [0.1, 0.15) is 0 Å². The fourth-order valence-electron chi connectivity index (χ4n) is 1.85. The van der Waals surface area contributed by atoms with Crippen molar-refractivity contribution in [3.63, 3.8) is 0 Å². The fourth-order valence-corrected chi connectivity index (χ4v) is 2.59. The van der Waals surface area contributed by atoms with E-state index in [2.05, 4.69) is 10.3 Å². The lowest BCUT2D eigenvalue weighted by Crippen LogP contribution is -2.63. The lowest BCUT2D eigenvalue weighted by atomic mass is 10.1. The molecule has 2 aliphatic heterocycles. The number of likely N-dealkylation sites (N-methyl/N-ethyl adjacent to an activating group) is 2. The zero-order valence-electron chi connectivity index (χ0n) is 10.4. The van der Waals surface area contributed by atoms with Crippen molar-refractivity contribution in [3.05, 3.63) is 0 Å². The van der Waals surface area contributed by atoms with E-state index in [0.717, 1.165) is 16.7 Å². The van der Waals surface area contributed by atoms with Crippen molar-refractivity contribution < 1.29 is 14.4 Å². The summed E-state index contributed by atoms with van der Waals surface area (Å²) in [5.74, 6) is 4.37. The first kappa shape index (κ1) is 13.6. The highest BCUT2D eigenvalue weighted by molar-refractivity contribution is 8.14. The van der Waals surface area contributed by atoms with Gasteiger partial charge < -0.3 is 10.2 Å². The van der Waals surface area contributed by atoms with Gasteiger partial charge in [0.05, 0.1) is 5.75 Å². The number of carbonyl (C=O) groups excluding carboxylic acids is 3. The highest BCUT2D eigenvalue weighted by Gasteiger charge is 2.46. The van der Waals surface area contributed by atoms with E-state index in [-0.39, 0.29) is 17.6 Å². The Morgan fingerprint density at radius 3 is 2.84 bits per heavy atom. The van der Waals surface area contributed by atoms with Gasteiger partial charge in [0, 0.05) is 14.1 Å². The number of nitrogens with one attached hydrogen (secondary N) is 2. The molecule has 0 aromatic rings. The van der Waals surface area contributed by atoms with E-state index < -0.39 is 18.2 Å². The van der Waals surface area contributed by atoms with Gasteiger partial charge in [-0.15, -0.1) is 0 Å². The van der Waals surface area contributed by atoms with Gasteiger partial charge in [0.2, 0.25) is 5.91 Å². The smallest absolute Gasteiger partial charge is 0.328 e. The Labute approximate surface area is 113 Å². The topological polar surface area (TPSA) is 120 Å². The summed E-state index contributed by atoms with van der Waals surface area (Å²) < 4.78 is 0. The summed E-state index contributed by atoms with van der Waals surface area (Å²) in [7, 11) is 3.00. The number of urea groups is 1. The Morgan fingerprint density at radius 2 is 2.21 bits per heavy atom. The van der Waals surface area contributed by atoms with Crippen LogP contribution in [0.25, 0.3) is 0 Å². The Balaban J connectivity index is 2.07. The molecule has 2 rings (SSSR count). The number of imide groups is 1. The van der Waals surface area contributed by atoms with E-state index in [1.54, 1.807) is 7.05 Å². The molecule has 2 aliphatic rings. The molecule has 0 saturated carbocycles. The summed E-state index contributed by atoms with van der Waals surface area (Å²) in [6.07, 6.45) is -0.570. The Bertz CT molecular complexity index is 467. The third-order valence-electron chi connectivity index (χ3n) is 2.91. The van der Waals surface area contributed by atoms with Gasteiger partial charge in [-0.2, -0.15) is 0 Å². The van der Waals surface area contributed by atoms with Crippen molar-refractivity contribution in [2.75, 3.05) is 19.8 Å². The van der Waals surface area contributed by atoms with Crippen LogP contribution >= 0.6 is 11.8 Å². The number of rotatable bonds is 2. The third kappa shape index (κ3) is 2.36. The summed E-state index contributed by atoms with van der Waals surface area (Å²) in [4.78, 5) is 41.4. The second kappa shape index (κ2) is 5.05. The lowest BCUT2D eigenvalue weighted by molar-refractivity contribution is -0.133. The fraction of sp³-hybridized carbons (Fsp3) is 0.556. The first-order valence-electron chi connectivity index (χ1n) is 5.46. The zero-order valence-corrected chi connectivity index (χ0v) is 11.2. The predicted molar refractivity (Wildman–Crippen MR) is 68.9 cm³/mol. The quantitative estimate of drug-likeness (QED) is 0.303. The van der Waals surface area contributed by atoms with Crippen molar-refractivity contribution in [1.29, 1.82) is 0 Å². The van der Waals surface area contributed by atoms with Gasteiger partial charge in [-0.3, -0.25) is 19.9 Å². The maximum Gasteiger partial charge on any atom is 0.328 e. The Hall–Kier alpha value is -1.81. The van der Waals surface area contributed by atoms with Gasteiger partial charge >= 0.3 is 6.03 Å². The van der Waals surface area contributed by atoms with Gasteiger partial charge in [-0.1, -0.05) is 11.8 Å². The van der Waals surface area contributed by atoms with Crippen LogP contribution in [0.4, 0.5) is 4.79 Å². The van der Waals surface area contributed by atoms with Crippen LogP contribution in [-0.4, -0.2) is 64.9 Å². The van der Waals surface area contributed by atoms with Gasteiger partial charge in [0.25, 0.3) is 5.91 Å². The standard InChI is InChI=1S/C9H14N6O3S/c1-14-6-5(7(17)15(2)9(14)18)11-8(12-6)19-3-4(16)13-10/h5-6H,3,10H2,1-2H3,(H,11,12)(H,13,16)/t5-,6+/m0/s1. The van der Waals surface area contributed by atoms with Crippen LogP contribution in [0, 0.1) is 0 Å². The summed E-state index contributed by atoms with van der Waals surface area (Å²) in [5, 5.41) is 3.36. The molecule has 1 saturated heterocycles. The number of nitrogens with zero attached hydrogens (tertiary/aromatic N) is 3. The summed E-state index contributed by atoms with van der Waals surface area (Å²) >= 11 is 1.13. The van der Waals surface area contributed by atoms with Crippen LogP contribution in [0.2, 0.25) is 0 Å². The summed E-state index contributed by atoms with van der Waals surface area (Å²) in [6.45, 7) is 0. The molecule has 0 spiro atoms. The van der Waals surface area contributed by atoms with Crippen molar-refractivity contribution >= 4 is 34.8 Å². The molecule has 104 valence electrons. The number of carbonyl (C=O) groups is 3. The molecule has 0 aromatic carbocycles. The number of hydrogen-bond acceptors (Lipinski definition) is 7. The van der Waals surface area contributed by atoms with Crippen LogP contribution in [0.5, 0.6) is 0 Å². The number of amides is 4. The normalized spacial score (nSPS) is 25.9. The molecule has 4 N–H and O–H groups in total. The van der Waals surface area contributed by atoms with Crippen LogP contribution < -0.4 is 16.6 Å². The number of thioether (sulfide) groups is 1. The number of nitrogens with two attached hydrogens (primary N) is 1. The average Bonchev–Trinajstić information content (AvgIpc) is 2.84. The molecule has 0 unspecified atom stereocenters. The largest absolute Gasteiger partial charge is 0.350 e. The van der Waals surface area contributed by atoms with E-state index in [0.29, 0.717) is 5.17 Å². The van der Waals surface area contributed by atoms with Crippen molar-refractivity contribution in [1.82, 2.24) is 20.5 Å². The molecule has 0 bridgehead atoms. The minimum Gasteiger partial charge on any atom is -0.350 e. The molecule has 2 heterocycles. The molecular formula is C9H14N6O3S. The van der Waals surface area contributed by atoms with Gasteiger partial charge in [0.1, 0.15) is 6.04 Å². The summed E-state index contributed by atoms with van der Waals surface area (Å²) in [5.41, 5.74) is 2.00. The SMILES string of the molecule is CN1C(=O)[C@H]2NC(SCC(=O)NN)=N[C@@H]2N(C)C1=O. The molecule has 4 amide bonds. The highest BCUT2D eigenvalue weighted by atomic mass is 32.2. The summed E-state index contributed by atoms with van der Waals surface area (Å²) in [6, 6.07) is -1.00. The van der Waals surface area contributed by atoms with Crippen molar-refractivity contribution in [2.45, 2.75) is 12.2 Å². The number of aliphatic imine (C=N–C) groups is 1. The number of fused-ring (bicyclic) bond motifs is 1. The number of hydrazine groups is 1.